The second-order valence-electron chi connectivity index (χ2n) is 12.0. The number of nitrogens with zero attached hydrogens (tertiary/aromatic N) is 3. The molecular weight excluding hydrogens is 540 g/mol. The maximum Gasteiger partial charge on any atom is 0.255 e. The van der Waals surface area contributed by atoms with Crippen LogP contribution in [-0.4, -0.2) is 88.1 Å². The number of amides is 2. The molecule has 1 saturated heterocycles. The van der Waals surface area contributed by atoms with E-state index in [1.165, 1.54) is 4.90 Å². The third-order valence-electron chi connectivity index (χ3n) is 8.82. The van der Waals surface area contributed by atoms with Crippen molar-refractivity contribution in [1.29, 1.82) is 0 Å². The molecular formula is C29H36N8O5. The van der Waals surface area contributed by atoms with Gasteiger partial charge in [0, 0.05) is 24.2 Å². The summed E-state index contributed by atoms with van der Waals surface area (Å²) in [6, 6.07) is 9.55. The van der Waals surface area contributed by atoms with Crippen molar-refractivity contribution in [3.05, 3.63) is 64.7 Å². The number of fused-ring (bicyclic) bond motifs is 1. The third-order valence-corrected chi connectivity index (χ3v) is 8.82. The molecule has 0 radical (unpaired) electrons. The first-order chi connectivity index (χ1) is 19.8. The fraction of sp³-hybridized carbons (Fsp3) is 0.448. The van der Waals surface area contributed by atoms with Gasteiger partial charge in [0.15, 0.2) is 17.6 Å². The van der Waals surface area contributed by atoms with Crippen molar-refractivity contribution >= 4 is 23.7 Å². The van der Waals surface area contributed by atoms with Crippen LogP contribution in [0.5, 0.6) is 5.75 Å². The van der Waals surface area contributed by atoms with Crippen LogP contribution < -0.4 is 32.2 Å². The Morgan fingerprint density at radius 2 is 1.90 bits per heavy atom. The SMILES string of the molecule is Cc1cccc(C(=O)NC[C@@H]2N=C(N)N3CC(NC(=O)c4cccc5c4OCCC5(C)C)C(O)(O)[C@@]34NC(N)=N[C@@H]24)c1. The summed E-state index contributed by atoms with van der Waals surface area (Å²) in [6.07, 6.45) is 0.807. The predicted molar refractivity (Wildman–Crippen MR) is 155 cm³/mol. The Morgan fingerprint density at radius 1 is 1.14 bits per heavy atom. The molecule has 222 valence electrons. The number of nitrogens with one attached hydrogen (secondary N) is 3. The molecule has 1 spiro atoms. The van der Waals surface area contributed by atoms with E-state index in [4.69, 9.17) is 16.2 Å². The third kappa shape index (κ3) is 4.14. The molecule has 0 aromatic heterocycles. The van der Waals surface area contributed by atoms with Crippen LogP contribution in [0, 0.1) is 6.92 Å². The van der Waals surface area contributed by atoms with Crippen LogP contribution in [-0.2, 0) is 5.41 Å². The highest BCUT2D eigenvalue weighted by atomic mass is 16.5. The highest BCUT2D eigenvalue weighted by Crippen LogP contribution is 2.45. The van der Waals surface area contributed by atoms with Gasteiger partial charge >= 0.3 is 0 Å². The van der Waals surface area contributed by atoms with Crippen molar-refractivity contribution in [2.75, 3.05) is 19.7 Å². The summed E-state index contributed by atoms with van der Waals surface area (Å²) >= 11 is 0. The number of hydrogen-bond donors (Lipinski definition) is 7. The first kappa shape index (κ1) is 27.8. The van der Waals surface area contributed by atoms with Crippen LogP contribution in [0.2, 0.25) is 0 Å². The van der Waals surface area contributed by atoms with E-state index in [-0.39, 0.29) is 36.3 Å². The zero-order valence-corrected chi connectivity index (χ0v) is 23.7. The number of hydrogen-bond acceptors (Lipinski definition) is 11. The first-order valence-corrected chi connectivity index (χ1v) is 13.9. The summed E-state index contributed by atoms with van der Waals surface area (Å²) in [7, 11) is 0. The number of aliphatic hydroxyl groups is 2. The topological polar surface area (TPSA) is 200 Å². The van der Waals surface area contributed by atoms with Crippen LogP contribution in [0.3, 0.4) is 0 Å². The van der Waals surface area contributed by atoms with Crippen molar-refractivity contribution in [1.82, 2.24) is 20.9 Å². The minimum Gasteiger partial charge on any atom is -0.492 e. The normalized spacial score (nSPS) is 28.2. The Kier molecular flexibility index (Phi) is 6.35. The quantitative estimate of drug-likeness (QED) is 0.224. The summed E-state index contributed by atoms with van der Waals surface area (Å²) in [5.74, 6) is -3.02. The number of rotatable bonds is 5. The summed E-state index contributed by atoms with van der Waals surface area (Å²) in [6.45, 7) is 6.45. The number of ether oxygens (including phenoxy) is 1. The van der Waals surface area contributed by atoms with Gasteiger partial charge in [0.25, 0.3) is 11.8 Å². The Balaban J connectivity index is 1.26. The van der Waals surface area contributed by atoms with Crippen LogP contribution in [0.4, 0.5) is 0 Å². The van der Waals surface area contributed by atoms with Gasteiger partial charge in [-0.05, 0) is 37.0 Å². The number of carbonyl (C=O) groups excluding carboxylic acids is 2. The molecule has 4 atom stereocenters. The Labute approximate surface area is 243 Å². The smallest absolute Gasteiger partial charge is 0.255 e. The van der Waals surface area contributed by atoms with E-state index in [0.717, 1.165) is 17.5 Å². The number of guanidine groups is 2. The van der Waals surface area contributed by atoms with Crippen LogP contribution >= 0.6 is 0 Å². The van der Waals surface area contributed by atoms with E-state index in [9.17, 15) is 19.8 Å². The zero-order valence-electron chi connectivity index (χ0n) is 23.7. The van der Waals surface area contributed by atoms with Gasteiger partial charge in [0.05, 0.1) is 18.2 Å². The highest BCUT2D eigenvalue weighted by molar-refractivity contribution is 5.98. The summed E-state index contributed by atoms with van der Waals surface area (Å²) in [5, 5.41) is 32.0. The van der Waals surface area contributed by atoms with Gasteiger partial charge in [-0.3, -0.25) is 9.59 Å². The minimum atomic E-state index is -2.60. The van der Waals surface area contributed by atoms with Crippen molar-refractivity contribution in [2.45, 2.75) is 62.2 Å². The van der Waals surface area contributed by atoms with Crippen molar-refractivity contribution < 1.29 is 24.5 Å². The van der Waals surface area contributed by atoms with Gasteiger partial charge < -0.3 is 47.3 Å². The van der Waals surface area contributed by atoms with Crippen molar-refractivity contribution in [2.24, 2.45) is 21.5 Å². The monoisotopic (exact) mass is 576 g/mol. The lowest BCUT2D eigenvalue weighted by molar-refractivity contribution is -0.230. The minimum absolute atomic E-state index is 0.00255. The number of benzene rings is 2. The molecule has 4 heterocycles. The molecule has 42 heavy (non-hydrogen) atoms. The zero-order chi connectivity index (χ0) is 30.0. The summed E-state index contributed by atoms with van der Waals surface area (Å²) in [4.78, 5) is 36.9. The van der Waals surface area contributed by atoms with Crippen LogP contribution in [0.1, 0.15) is 52.1 Å². The van der Waals surface area contributed by atoms with Crippen molar-refractivity contribution in [3.63, 3.8) is 0 Å². The maximum absolute atomic E-state index is 13.6. The van der Waals surface area contributed by atoms with Gasteiger partial charge in [0.1, 0.15) is 17.8 Å². The van der Waals surface area contributed by atoms with E-state index < -0.39 is 35.5 Å². The van der Waals surface area contributed by atoms with E-state index >= 15 is 0 Å². The second kappa shape index (κ2) is 9.60. The first-order valence-electron chi connectivity index (χ1n) is 13.9. The number of aliphatic imine (C=N–C) groups is 2. The molecule has 6 rings (SSSR count). The van der Waals surface area contributed by atoms with E-state index in [1.807, 2.05) is 19.1 Å². The van der Waals surface area contributed by atoms with Crippen LogP contribution in [0.25, 0.3) is 0 Å². The average molecular weight is 577 g/mol. The molecule has 4 aliphatic heterocycles. The van der Waals surface area contributed by atoms with Crippen LogP contribution in [0.15, 0.2) is 52.4 Å². The Bertz CT molecular complexity index is 1520. The number of aryl methyl sites for hydroxylation is 1. The van der Waals surface area contributed by atoms with Crippen molar-refractivity contribution in [3.8, 4) is 5.75 Å². The molecule has 4 aliphatic rings. The Morgan fingerprint density at radius 3 is 2.67 bits per heavy atom. The molecule has 13 nitrogen and oxygen atoms in total. The highest BCUT2D eigenvalue weighted by Gasteiger charge is 2.73. The van der Waals surface area contributed by atoms with E-state index in [2.05, 4.69) is 39.8 Å². The fourth-order valence-corrected chi connectivity index (χ4v) is 6.52. The predicted octanol–water partition coefficient (Wildman–Crippen LogP) is -0.740. The van der Waals surface area contributed by atoms with Gasteiger partial charge in [-0.1, -0.05) is 43.7 Å². The molecule has 2 aromatic carbocycles. The lowest BCUT2D eigenvalue weighted by Gasteiger charge is -2.49. The lowest BCUT2D eigenvalue weighted by atomic mass is 9.79. The summed E-state index contributed by atoms with van der Waals surface area (Å²) < 4.78 is 5.90. The van der Waals surface area contributed by atoms with Gasteiger partial charge in [-0.25, -0.2) is 9.98 Å². The van der Waals surface area contributed by atoms with E-state index in [1.54, 1.807) is 30.3 Å². The molecule has 2 aromatic rings. The number of nitrogens with two attached hydrogens (primary N) is 2. The number of para-hydroxylation sites is 1. The molecule has 0 saturated carbocycles. The molecule has 9 N–H and O–H groups in total. The van der Waals surface area contributed by atoms with Gasteiger partial charge in [0.2, 0.25) is 5.79 Å². The fourth-order valence-electron chi connectivity index (χ4n) is 6.52. The number of carbonyl (C=O) groups is 2. The summed E-state index contributed by atoms with van der Waals surface area (Å²) in [5.41, 5.74) is 13.1. The molecule has 0 bridgehead atoms. The second-order valence-corrected chi connectivity index (χ2v) is 12.0. The van der Waals surface area contributed by atoms with Gasteiger partial charge in [-0.2, -0.15) is 0 Å². The average Bonchev–Trinajstić information content (AvgIpc) is 3.40. The Hall–Kier alpha value is -4.36. The lowest BCUT2D eigenvalue weighted by Crippen LogP contribution is -2.78. The molecule has 13 heteroatoms. The molecule has 1 fully saturated rings. The van der Waals surface area contributed by atoms with E-state index in [0.29, 0.717) is 23.5 Å². The molecule has 2 amide bonds. The molecule has 0 aliphatic carbocycles. The standard InChI is InChI=1S/C29H36N8O5/c1-15-6-4-7-16(12-15)23(38)32-13-19-22-28(36-25(30)35-22)29(40,41)20(14-37(28)26(31)33-19)34-24(39)17-8-5-9-18-21(17)42-11-10-27(18,2)3/h4-9,12,19-20,22,40-41H,10-11,13-14H2,1-3H3,(H2,31,33)(H,32,38)(H,34,39)(H3,30,35,36)/t19-,20?,22-,28-/m0/s1. The largest absolute Gasteiger partial charge is 0.492 e. The van der Waals surface area contributed by atoms with Gasteiger partial charge in [-0.15, -0.1) is 0 Å². The maximum atomic E-state index is 13.6. The molecule has 1 unspecified atom stereocenters.